The van der Waals surface area contributed by atoms with Crippen molar-refractivity contribution in [3.05, 3.63) is 110 Å². The fraction of sp³-hybridized carbons (Fsp3) is 0.0833. The zero-order valence-corrected chi connectivity index (χ0v) is 19.6. The number of benzene rings is 3. The number of fused-ring (bicyclic) bond motifs is 3. The number of anilines is 1. The van der Waals surface area contributed by atoms with Gasteiger partial charge in [0.05, 0.1) is 5.70 Å². The zero-order valence-electron chi connectivity index (χ0n) is 16.5. The van der Waals surface area contributed by atoms with E-state index in [4.69, 9.17) is 27.9 Å². The minimum absolute atomic E-state index is 0.328. The minimum Gasteiger partial charge on any atom is -0.480 e. The quantitative estimate of drug-likeness (QED) is 0.309. The Balaban J connectivity index is 1.65. The van der Waals surface area contributed by atoms with Crippen LogP contribution in [0.2, 0.25) is 10.0 Å². The van der Waals surface area contributed by atoms with Crippen molar-refractivity contribution in [1.82, 2.24) is 14.8 Å². The van der Waals surface area contributed by atoms with Crippen molar-refractivity contribution >= 4 is 50.8 Å². The van der Waals surface area contributed by atoms with E-state index in [2.05, 4.69) is 43.5 Å². The Morgan fingerprint density at radius 2 is 1.88 bits per heavy atom. The van der Waals surface area contributed by atoms with Crippen LogP contribution in [0, 0.1) is 0 Å². The zero-order chi connectivity index (χ0) is 21.8. The molecule has 5 nitrogen and oxygen atoms in total. The minimum atomic E-state index is -0.362. The molecule has 158 valence electrons. The number of hydrogen-bond donors (Lipinski definition) is 1. The number of para-hydroxylation sites is 1. The number of rotatable bonds is 2. The van der Waals surface area contributed by atoms with E-state index in [1.165, 1.54) is 0 Å². The molecule has 0 aliphatic carbocycles. The van der Waals surface area contributed by atoms with Crippen molar-refractivity contribution < 1.29 is 4.74 Å². The third-order valence-electron chi connectivity index (χ3n) is 5.73. The van der Waals surface area contributed by atoms with Crippen molar-refractivity contribution in [3.8, 4) is 5.75 Å². The molecular formula is C24H15BrCl2N4O. The average molecular weight is 526 g/mol. The van der Waals surface area contributed by atoms with Gasteiger partial charge in [-0.05, 0) is 47.5 Å². The van der Waals surface area contributed by atoms with Crippen LogP contribution in [0.15, 0.2) is 83.1 Å². The van der Waals surface area contributed by atoms with Gasteiger partial charge in [-0.2, -0.15) is 10.1 Å². The van der Waals surface area contributed by atoms with E-state index < -0.39 is 0 Å². The highest BCUT2D eigenvalue weighted by Crippen LogP contribution is 2.51. The molecule has 1 N–H and O–H groups in total. The van der Waals surface area contributed by atoms with Gasteiger partial charge in [-0.1, -0.05) is 69.5 Å². The summed E-state index contributed by atoms with van der Waals surface area (Å²) in [6.45, 7) is 0. The van der Waals surface area contributed by atoms with E-state index in [0.29, 0.717) is 16.0 Å². The number of nitrogens with one attached hydrogen (secondary N) is 1. The van der Waals surface area contributed by atoms with Crippen LogP contribution in [0.3, 0.4) is 0 Å². The number of hydrogen-bond acceptors (Lipinski definition) is 4. The Labute approximate surface area is 202 Å². The van der Waals surface area contributed by atoms with E-state index in [-0.39, 0.29) is 12.1 Å². The molecule has 32 heavy (non-hydrogen) atoms. The van der Waals surface area contributed by atoms with Gasteiger partial charge in [0.1, 0.15) is 24.2 Å². The summed E-state index contributed by atoms with van der Waals surface area (Å²) in [5, 5.41) is 9.15. The van der Waals surface area contributed by atoms with Crippen LogP contribution in [0.5, 0.6) is 5.75 Å². The van der Waals surface area contributed by atoms with Crippen LogP contribution in [-0.4, -0.2) is 14.8 Å². The van der Waals surface area contributed by atoms with Gasteiger partial charge in [-0.15, -0.1) is 0 Å². The summed E-state index contributed by atoms with van der Waals surface area (Å²) >= 11 is 16.5. The van der Waals surface area contributed by atoms with Crippen molar-refractivity contribution in [1.29, 1.82) is 0 Å². The number of halogens is 3. The Bertz CT molecular complexity index is 1400. The van der Waals surface area contributed by atoms with Crippen molar-refractivity contribution in [3.63, 3.8) is 0 Å². The molecule has 0 radical (unpaired) electrons. The van der Waals surface area contributed by atoms with Gasteiger partial charge in [0.2, 0.25) is 5.95 Å². The topological polar surface area (TPSA) is 52.0 Å². The van der Waals surface area contributed by atoms with Gasteiger partial charge < -0.3 is 10.1 Å². The van der Waals surface area contributed by atoms with Gasteiger partial charge in [-0.25, -0.2) is 4.68 Å². The molecule has 2 unspecified atom stereocenters. The smallest absolute Gasteiger partial charge is 0.226 e. The molecule has 2 aliphatic heterocycles. The molecule has 1 aromatic heterocycles. The molecule has 0 saturated carbocycles. The molecule has 8 heteroatoms. The van der Waals surface area contributed by atoms with Gasteiger partial charge in [0.25, 0.3) is 0 Å². The molecule has 2 aliphatic rings. The predicted molar refractivity (Wildman–Crippen MR) is 129 cm³/mol. The maximum Gasteiger partial charge on any atom is 0.226 e. The maximum atomic E-state index is 6.71. The molecule has 3 heterocycles. The lowest BCUT2D eigenvalue weighted by Gasteiger charge is -2.39. The molecule has 0 saturated heterocycles. The van der Waals surface area contributed by atoms with Crippen LogP contribution in [0.4, 0.5) is 5.95 Å². The third-order valence-corrected chi connectivity index (χ3v) is 6.79. The number of nitrogens with zero attached hydrogens (tertiary/aromatic N) is 3. The van der Waals surface area contributed by atoms with Crippen molar-refractivity contribution in [2.24, 2.45) is 0 Å². The summed E-state index contributed by atoms with van der Waals surface area (Å²) in [5.74, 6) is 1.45. The Hall–Kier alpha value is -2.80. The van der Waals surface area contributed by atoms with Crippen LogP contribution < -0.4 is 10.1 Å². The largest absolute Gasteiger partial charge is 0.480 e. The number of aromatic nitrogens is 3. The first-order chi connectivity index (χ1) is 15.6. The summed E-state index contributed by atoms with van der Waals surface area (Å²) < 4.78 is 9.42. The summed E-state index contributed by atoms with van der Waals surface area (Å²) in [6.07, 6.45) is 1.18. The summed E-state index contributed by atoms with van der Waals surface area (Å²) in [6, 6.07) is 21.3. The predicted octanol–water partition coefficient (Wildman–Crippen LogP) is 6.91. The molecule has 6 rings (SSSR count). The van der Waals surface area contributed by atoms with Gasteiger partial charge in [-0.3, -0.25) is 0 Å². The lowest BCUT2D eigenvalue weighted by molar-refractivity contribution is 0.223. The molecule has 2 atom stereocenters. The first kappa shape index (κ1) is 19.9. The van der Waals surface area contributed by atoms with E-state index in [0.717, 1.165) is 38.2 Å². The standard InChI is InChI=1S/C24H15BrCl2N4O/c25-14-5-3-4-13(10-14)23-20-21(17-6-1-2-7-19(17)32-23)30-24-28-12-29-31(24)22(20)16-9-8-15(26)11-18(16)27/h1-12,22-23H,(H,28,29,30). The second-order valence-electron chi connectivity index (χ2n) is 7.60. The second-order valence-corrected chi connectivity index (χ2v) is 9.36. The van der Waals surface area contributed by atoms with Crippen LogP contribution in [0.1, 0.15) is 28.8 Å². The average Bonchev–Trinajstić information content (AvgIpc) is 3.26. The second kappa shape index (κ2) is 7.66. The Kier molecular flexibility index (Phi) is 4.75. The maximum absolute atomic E-state index is 6.71. The normalized spacial score (nSPS) is 18.8. The SMILES string of the molecule is Clc1ccc(C2C3=C(Nc4ncnn42)c2ccccc2OC3c2cccc(Br)c2)c(Cl)c1. The summed E-state index contributed by atoms with van der Waals surface area (Å²) in [7, 11) is 0. The Morgan fingerprint density at radius 1 is 1.00 bits per heavy atom. The molecule has 3 aromatic carbocycles. The third kappa shape index (κ3) is 3.13. The van der Waals surface area contributed by atoms with Crippen molar-refractivity contribution in [2.75, 3.05) is 5.32 Å². The fourth-order valence-corrected chi connectivity index (χ4v) is 5.31. The molecule has 0 spiro atoms. The van der Waals surface area contributed by atoms with Gasteiger partial charge >= 0.3 is 0 Å². The Morgan fingerprint density at radius 3 is 2.72 bits per heavy atom. The number of ether oxygens (including phenoxy) is 1. The molecule has 0 fully saturated rings. The van der Waals surface area contributed by atoms with E-state index >= 15 is 0 Å². The van der Waals surface area contributed by atoms with E-state index in [1.54, 1.807) is 12.4 Å². The summed E-state index contributed by atoms with van der Waals surface area (Å²) in [5.41, 5.74) is 4.82. The van der Waals surface area contributed by atoms with E-state index in [1.807, 2.05) is 53.2 Å². The van der Waals surface area contributed by atoms with Crippen LogP contribution >= 0.6 is 39.1 Å². The van der Waals surface area contributed by atoms with Gasteiger partial charge in [0.15, 0.2) is 0 Å². The lowest BCUT2D eigenvalue weighted by atomic mass is 9.84. The molecular weight excluding hydrogens is 511 g/mol. The first-order valence-electron chi connectivity index (χ1n) is 9.97. The summed E-state index contributed by atoms with van der Waals surface area (Å²) in [4.78, 5) is 4.44. The lowest BCUT2D eigenvalue weighted by Crippen LogP contribution is -2.32. The highest BCUT2D eigenvalue weighted by atomic mass is 79.9. The monoisotopic (exact) mass is 524 g/mol. The molecule has 4 aromatic rings. The van der Waals surface area contributed by atoms with Crippen LogP contribution in [0.25, 0.3) is 5.70 Å². The van der Waals surface area contributed by atoms with Crippen molar-refractivity contribution in [2.45, 2.75) is 12.1 Å². The van der Waals surface area contributed by atoms with Gasteiger partial charge in [0, 0.05) is 25.7 Å². The first-order valence-corrected chi connectivity index (χ1v) is 11.5. The highest BCUT2D eigenvalue weighted by Gasteiger charge is 2.41. The van der Waals surface area contributed by atoms with Crippen LogP contribution in [-0.2, 0) is 0 Å². The fourth-order valence-electron chi connectivity index (χ4n) is 4.38. The molecule has 0 amide bonds. The van der Waals surface area contributed by atoms with E-state index in [9.17, 15) is 0 Å². The molecule has 0 bridgehead atoms. The highest BCUT2D eigenvalue weighted by molar-refractivity contribution is 9.10.